The largest absolute Gasteiger partial charge is 0.481 e. The first-order valence-electron chi connectivity index (χ1n) is 12.1. The molecule has 2 aromatic rings. The quantitative estimate of drug-likeness (QED) is 0.535. The van der Waals surface area contributed by atoms with E-state index >= 15 is 0 Å². The van der Waals surface area contributed by atoms with E-state index in [1.54, 1.807) is 0 Å². The molecular weight excluding hydrogens is 432 g/mol. The van der Waals surface area contributed by atoms with Crippen LogP contribution < -0.4 is 10.6 Å². The molecule has 0 aliphatic heterocycles. The molecule has 2 aliphatic carbocycles. The number of ether oxygens (including phenoxy) is 1. The van der Waals surface area contributed by atoms with Crippen molar-refractivity contribution in [3.05, 3.63) is 59.7 Å². The third-order valence-corrected chi connectivity index (χ3v) is 6.98. The van der Waals surface area contributed by atoms with Crippen molar-refractivity contribution < 1.29 is 24.2 Å². The van der Waals surface area contributed by atoms with Crippen LogP contribution in [0.4, 0.5) is 4.79 Å². The van der Waals surface area contributed by atoms with Crippen LogP contribution in [0.5, 0.6) is 0 Å². The van der Waals surface area contributed by atoms with Crippen LogP contribution in [0.15, 0.2) is 48.5 Å². The van der Waals surface area contributed by atoms with E-state index in [-0.39, 0.29) is 36.9 Å². The van der Waals surface area contributed by atoms with Gasteiger partial charge >= 0.3 is 12.1 Å². The van der Waals surface area contributed by atoms with E-state index in [1.807, 2.05) is 31.2 Å². The molecule has 34 heavy (non-hydrogen) atoms. The zero-order valence-electron chi connectivity index (χ0n) is 19.5. The average Bonchev–Trinajstić information content (AvgIpc) is 3.16. The van der Waals surface area contributed by atoms with Gasteiger partial charge in [0, 0.05) is 24.4 Å². The normalized spacial score (nSPS) is 20.0. The number of fused-ring (bicyclic) bond motifs is 3. The van der Waals surface area contributed by atoms with Gasteiger partial charge in [-0.2, -0.15) is 0 Å². The smallest absolute Gasteiger partial charge is 0.407 e. The number of alkyl carbamates (subject to hydrolysis) is 1. The number of amides is 2. The Kier molecular flexibility index (Phi) is 7.50. The summed E-state index contributed by atoms with van der Waals surface area (Å²) in [6.07, 6.45) is 2.86. The molecule has 0 radical (unpaired) electrons. The molecule has 0 saturated heterocycles. The lowest BCUT2D eigenvalue weighted by Gasteiger charge is -2.28. The second-order valence-corrected chi connectivity index (χ2v) is 9.25. The fourth-order valence-electron chi connectivity index (χ4n) is 5.16. The van der Waals surface area contributed by atoms with Crippen molar-refractivity contribution in [2.75, 3.05) is 6.61 Å². The van der Waals surface area contributed by atoms with Gasteiger partial charge in [0.2, 0.25) is 5.91 Å². The van der Waals surface area contributed by atoms with Gasteiger partial charge in [-0.05, 0) is 47.9 Å². The zero-order chi connectivity index (χ0) is 24.1. The van der Waals surface area contributed by atoms with Crippen LogP contribution in [0.3, 0.4) is 0 Å². The molecule has 4 rings (SSSR count). The third kappa shape index (κ3) is 5.41. The van der Waals surface area contributed by atoms with Crippen LogP contribution in [0.1, 0.15) is 62.5 Å². The van der Waals surface area contributed by atoms with Crippen molar-refractivity contribution >= 4 is 18.0 Å². The highest BCUT2D eigenvalue weighted by Crippen LogP contribution is 2.44. The Morgan fingerprint density at radius 1 is 1.03 bits per heavy atom. The van der Waals surface area contributed by atoms with E-state index in [2.05, 4.69) is 34.9 Å². The predicted molar refractivity (Wildman–Crippen MR) is 128 cm³/mol. The summed E-state index contributed by atoms with van der Waals surface area (Å²) >= 11 is 0. The molecule has 1 unspecified atom stereocenters. The van der Waals surface area contributed by atoms with E-state index < -0.39 is 18.0 Å². The minimum atomic E-state index is -0.803. The minimum Gasteiger partial charge on any atom is -0.481 e. The predicted octanol–water partition coefficient (Wildman–Crippen LogP) is 4.45. The van der Waals surface area contributed by atoms with Crippen LogP contribution in [0, 0.1) is 5.92 Å². The average molecular weight is 465 g/mol. The van der Waals surface area contributed by atoms with E-state index in [0.717, 1.165) is 24.0 Å². The van der Waals surface area contributed by atoms with Crippen molar-refractivity contribution in [3.8, 4) is 11.1 Å². The fourth-order valence-corrected chi connectivity index (χ4v) is 5.16. The second kappa shape index (κ2) is 10.7. The lowest BCUT2D eigenvalue weighted by Crippen LogP contribution is -2.44. The SMILES string of the molecule is CCC(CC(=O)N[C@@H]1CCC[C@H](C(=O)O)C1)NC(=O)OCC1c2ccccc2-c2ccccc21. The number of nitrogens with one attached hydrogen (secondary N) is 2. The number of benzene rings is 2. The van der Waals surface area contributed by atoms with Crippen LogP contribution in [-0.4, -0.2) is 41.8 Å². The van der Waals surface area contributed by atoms with E-state index in [0.29, 0.717) is 19.3 Å². The summed E-state index contributed by atoms with van der Waals surface area (Å²) in [5, 5.41) is 15.0. The number of carboxylic acids is 1. The van der Waals surface area contributed by atoms with Crippen molar-refractivity contribution in [1.82, 2.24) is 10.6 Å². The van der Waals surface area contributed by atoms with Gasteiger partial charge < -0.3 is 20.5 Å². The summed E-state index contributed by atoms with van der Waals surface area (Å²) in [7, 11) is 0. The van der Waals surface area contributed by atoms with Crippen LogP contribution in [0.2, 0.25) is 0 Å². The molecule has 180 valence electrons. The summed E-state index contributed by atoms with van der Waals surface area (Å²) in [6, 6.07) is 15.8. The number of carbonyl (C=O) groups is 3. The van der Waals surface area contributed by atoms with Gasteiger partial charge in [-0.1, -0.05) is 61.9 Å². The van der Waals surface area contributed by atoms with Crippen LogP contribution >= 0.6 is 0 Å². The molecule has 2 aromatic carbocycles. The van der Waals surface area contributed by atoms with Crippen LogP contribution in [0.25, 0.3) is 11.1 Å². The highest BCUT2D eigenvalue weighted by Gasteiger charge is 2.30. The first-order chi connectivity index (χ1) is 16.5. The highest BCUT2D eigenvalue weighted by molar-refractivity contribution is 5.80. The van der Waals surface area contributed by atoms with Gasteiger partial charge in [-0.15, -0.1) is 0 Å². The van der Waals surface area contributed by atoms with Crippen LogP contribution in [-0.2, 0) is 14.3 Å². The minimum absolute atomic E-state index is 0.0185. The van der Waals surface area contributed by atoms with Gasteiger partial charge in [0.25, 0.3) is 0 Å². The number of carboxylic acid groups (broad SMARTS) is 1. The molecule has 3 N–H and O–H groups in total. The Balaban J connectivity index is 1.28. The number of rotatable bonds is 8. The lowest BCUT2D eigenvalue weighted by molar-refractivity contribution is -0.143. The maximum Gasteiger partial charge on any atom is 0.407 e. The Hall–Kier alpha value is -3.35. The van der Waals surface area contributed by atoms with Gasteiger partial charge in [0.15, 0.2) is 0 Å². The van der Waals surface area contributed by atoms with Crippen molar-refractivity contribution in [2.24, 2.45) is 5.92 Å². The van der Waals surface area contributed by atoms with Gasteiger partial charge in [-0.25, -0.2) is 4.79 Å². The maximum absolute atomic E-state index is 12.6. The Morgan fingerprint density at radius 3 is 2.29 bits per heavy atom. The second-order valence-electron chi connectivity index (χ2n) is 9.25. The summed E-state index contributed by atoms with van der Waals surface area (Å²) in [6.45, 7) is 2.13. The van der Waals surface area contributed by atoms with Crippen molar-refractivity contribution in [3.63, 3.8) is 0 Å². The molecular formula is C27H32N2O5. The van der Waals surface area contributed by atoms with Crippen molar-refractivity contribution in [1.29, 1.82) is 0 Å². The summed E-state index contributed by atoms with van der Waals surface area (Å²) in [5.41, 5.74) is 4.64. The van der Waals surface area contributed by atoms with Gasteiger partial charge in [0.1, 0.15) is 6.61 Å². The standard InChI is InChI=1S/C27H32N2O5/c1-2-18(15-25(30)28-19-9-7-8-17(14-19)26(31)32)29-27(33)34-16-24-22-12-5-3-10-20(22)21-11-4-6-13-23(21)24/h3-6,10-13,17-19,24H,2,7-9,14-16H2,1H3,(H,28,30)(H,29,33)(H,31,32)/t17-,18?,19+/m0/s1. The number of hydrogen-bond acceptors (Lipinski definition) is 4. The Labute approximate surface area is 199 Å². The topological polar surface area (TPSA) is 105 Å². The van der Waals surface area contributed by atoms with Gasteiger partial charge in [-0.3, -0.25) is 9.59 Å². The molecule has 7 nitrogen and oxygen atoms in total. The summed E-state index contributed by atoms with van der Waals surface area (Å²) < 4.78 is 5.60. The molecule has 0 heterocycles. The molecule has 0 spiro atoms. The summed E-state index contributed by atoms with van der Waals surface area (Å²) in [5.74, 6) is -1.40. The molecule has 2 aliphatic rings. The molecule has 7 heteroatoms. The molecule has 3 atom stereocenters. The van der Waals surface area contributed by atoms with Crippen molar-refractivity contribution in [2.45, 2.75) is 63.5 Å². The number of carbonyl (C=O) groups excluding carboxylic acids is 2. The molecule has 2 amide bonds. The fraction of sp³-hybridized carbons (Fsp3) is 0.444. The lowest BCUT2D eigenvalue weighted by atomic mass is 9.85. The van der Waals surface area contributed by atoms with E-state index in [4.69, 9.17) is 4.74 Å². The third-order valence-electron chi connectivity index (χ3n) is 6.98. The van der Waals surface area contributed by atoms with E-state index in [1.165, 1.54) is 11.1 Å². The molecule has 0 bridgehead atoms. The Morgan fingerprint density at radius 2 is 1.68 bits per heavy atom. The Bertz CT molecular complexity index is 1010. The maximum atomic E-state index is 12.6. The van der Waals surface area contributed by atoms with E-state index in [9.17, 15) is 19.5 Å². The first-order valence-corrected chi connectivity index (χ1v) is 12.1. The molecule has 1 fully saturated rings. The van der Waals surface area contributed by atoms with Gasteiger partial charge in [0.05, 0.1) is 5.92 Å². The molecule has 0 aromatic heterocycles. The highest BCUT2D eigenvalue weighted by atomic mass is 16.5. The molecule has 1 saturated carbocycles. The first kappa shape index (κ1) is 23.8. The number of aliphatic carboxylic acids is 1. The summed E-state index contributed by atoms with van der Waals surface area (Å²) in [4.78, 5) is 36.3. The number of hydrogen-bond donors (Lipinski definition) is 3. The monoisotopic (exact) mass is 464 g/mol. The zero-order valence-corrected chi connectivity index (χ0v) is 19.5.